The number of benzene rings is 4. The van der Waals surface area contributed by atoms with Crippen LogP contribution >= 0.6 is 11.3 Å². The fourth-order valence-electron chi connectivity index (χ4n) is 4.23. The molecule has 2 heterocycles. The number of nitrogens with zero attached hydrogens (tertiary/aromatic N) is 2. The Morgan fingerprint density at radius 1 is 0.714 bits per heavy atom. The van der Waals surface area contributed by atoms with Crippen LogP contribution in [0.25, 0.3) is 47.7 Å². The summed E-state index contributed by atoms with van der Waals surface area (Å²) in [6, 6.07) is 31.7. The van der Waals surface area contributed by atoms with Crippen LogP contribution in [-0.2, 0) is 0 Å². The number of nitriles is 1. The molecule has 130 valence electrons. The second-order valence-corrected chi connectivity index (χ2v) is 8.00. The van der Waals surface area contributed by atoms with Crippen molar-refractivity contribution in [2.45, 2.75) is 0 Å². The van der Waals surface area contributed by atoms with Crippen molar-refractivity contribution >= 4 is 53.3 Å². The minimum atomic E-state index is 0.673. The average Bonchev–Trinajstić information content (AvgIpc) is 3.29. The Balaban J connectivity index is 1.84. The number of fused-ring (bicyclic) bond motifs is 7. The highest BCUT2D eigenvalue weighted by atomic mass is 32.1. The van der Waals surface area contributed by atoms with Crippen LogP contribution in [-0.4, -0.2) is 4.57 Å². The minimum absolute atomic E-state index is 0.673. The van der Waals surface area contributed by atoms with Crippen molar-refractivity contribution < 1.29 is 0 Å². The first kappa shape index (κ1) is 15.4. The molecule has 0 N–H and O–H groups in total. The van der Waals surface area contributed by atoms with Crippen LogP contribution < -0.4 is 0 Å². The third-order valence-corrected chi connectivity index (χ3v) is 6.62. The lowest BCUT2D eigenvalue weighted by atomic mass is 10.1. The lowest BCUT2D eigenvalue weighted by Gasteiger charge is -2.08. The molecule has 6 rings (SSSR count). The van der Waals surface area contributed by atoms with Crippen molar-refractivity contribution in [2.75, 3.05) is 0 Å². The number of rotatable bonds is 1. The molecule has 0 saturated carbocycles. The van der Waals surface area contributed by atoms with Crippen molar-refractivity contribution in [3.8, 4) is 11.8 Å². The van der Waals surface area contributed by atoms with E-state index in [9.17, 15) is 5.26 Å². The van der Waals surface area contributed by atoms with Gasteiger partial charge in [-0.05, 0) is 36.4 Å². The molecule has 4 aromatic carbocycles. The third-order valence-electron chi connectivity index (χ3n) is 5.41. The summed E-state index contributed by atoms with van der Waals surface area (Å²) in [5.41, 5.74) is 4.03. The van der Waals surface area contributed by atoms with Crippen LogP contribution in [0.1, 0.15) is 5.56 Å². The topological polar surface area (TPSA) is 28.7 Å². The number of para-hydroxylation sites is 1. The Labute approximate surface area is 165 Å². The van der Waals surface area contributed by atoms with Crippen LogP contribution in [0.15, 0.2) is 84.9 Å². The Morgan fingerprint density at radius 2 is 1.54 bits per heavy atom. The van der Waals surface area contributed by atoms with Gasteiger partial charge in [0, 0.05) is 36.6 Å². The summed E-state index contributed by atoms with van der Waals surface area (Å²) < 4.78 is 4.91. The lowest BCUT2D eigenvalue weighted by molar-refractivity contribution is 1.18. The summed E-state index contributed by atoms with van der Waals surface area (Å²) in [5, 5.41) is 14.5. The Bertz CT molecular complexity index is 1580. The van der Waals surface area contributed by atoms with E-state index in [-0.39, 0.29) is 0 Å². The van der Waals surface area contributed by atoms with E-state index in [1.165, 1.54) is 36.5 Å². The van der Waals surface area contributed by atoms with Gasteiger partial charge in [-0.25, -0.2) is 0 Å². The molecule has 0 saturated heterocycles. The van der Waals surface area contributed by atoms with E-state index in [1.807, 2.05) is 29.5 Å². The Kier molecular flexibility index (Phi) is 3.14. The zero-order valence-electron chi connectivity index (χ0n) is 14.9. The van der Waals surface area contributed by atoms with E-state index in [2.05, 4.69) is 77.4 Å². The fraction of sp³-hybridized carbons (Fsp3) is 0. The van der Waals surface area contributed by atoms with Crippen LogP contribution in [0, 0.1) is 11.3 Å². The van der Waals surface area contributed by atoms with Crippen LogP contribution in [0.4, 0.5) is 0 Å². The molecule has 0 aliphatic rings. The van der Waals surface area contributed by atoms with E-state index in [0.29, 0.717) is 5.56 Å². The van der Waals surface area contributed by atoms with Crippen LogP contribution in [0.3, 0.4) is 0 Å². The molecular formula is C25H14N2S. The predicted molar refractivity (Wildman–Crippen MR) is 118 cm³/mol. The van der Waals surface area contributed by atoms with Gasteiger partial charge in [0.25, 0.3) is 0 Å². The molecule has 0 amide bonds. The third kappa shape index (κ3) is 2.01. The van der Waals surface area contributed by atoms with E-state index in [4.69, 9.17) is 0 Å². The summed E-state index contributed by atoms with van der Waals surface area (Å²) in [4.78, 5) is 0. The molecular weight excluding hydrogens is 360 g/mol. The molecule has 0 radical (unpaired) electrons. The van der Waals surface area contributed by atoms with Gasteiger partial charge in [-0.2, -0.15) is 5.26 Å². The SMILES string of the molecule is N#Cc1cccc(-n2c3ccccc3c3c4sc5ccccc5c4ccc32)c1. The van der Waals surface area contributed by atoms with Gasteiger partial charge in [-0.1, -0.05) is 48.5 Å². The molecule has 0 unspecified atom stereocenters. The zero-order chi connectivity index (χ0) is 18.7. The zero-order valence-corrected chi connectivity index (χ0v) is 15.7. The van der Waals surface area contributed by atoms with Gasteiger partial charge in [-0.15, -0.1) is 11.3 Å². The van der Waals surface area contributed by atoms with Gasteiger partial charge >= 0.3 is 0 Å². The summed E-state index contributed by atoms with van der Waals surface area (Å²) in [5.74, 6) is 0. The highest BCUT2D eigenvalue weighted by Crippen LogP contribution is 2.43. The Morgan fingerprint density at radius 3 is 2.43 bits per heavy atom. The number of thiophene rings is 1. The van der Waals surface area contributed by atoms with Gasteiger partial charge in [0.2, 0.25) is 0 Å². The number of hydrogen-bond acceptors (Lipinski definition) is 2. The summed E-state index contributed by atoms with van der Waals surface area (Å²) in [6.07, 6.45) is 0. The van der Waals surface area contributed by atoms with Gasteiger partial charge < -0.3 is 4.57 Å². The first-order valence-corrected chi connectivity index (χ1v) is 10.0. The second kappa shape index (κ2) is 5.69. The van der Waals surface area contributed by atoms with E-state index in [1.54, 1.807) is 0 Å². The van der Waals surface area contributed by atoms with Crippen molar-refractivity contribution in [3.05, 3.63) is 90.5 Å². The van der Waals surface area contributed by atoms with Crippen molar-refractivity contribution in [2.24, 2.45) is 0 Å². The molecule has 0 spiro atoms. The van der Waals surface area contributed by atoms with Crippen molar-refractivity contribution in [1.82, 2.24) is 4.57 Å². The Hall–Kier alpha value is -3.61. The molecule has 0 aliphatic heterocycles. The molecule has 28 heavy (non-hydrogen) atoms. The monoisotopic (exact) mass is 374 g/mol. The highest BCUT2D eigenvalue weighted by molar-refractivity contribution is 7.26. The first-order chi connectivity index (χ1) is 13.8. The van der Waals surface area contributed by atoms with Gasteiger partial charge in [0.15, 0.2) is 0 Å². The highest BCUT2D eigenvalue weighted by Gasteiger charge is 2.17. The standard InChI is InChI=1S/C25H14N2S/c26-15-16-6-5-7-17(14-16)27-21-10-3-1-9-20(21)24-22(27)13-12-19-18-8-2-4-11-23(18)28-25(19)24/h1-14H. The summed E-state index contributed by atoms with van der Waals surface area (Å²) in [6.45, 7) is 0. The lowest BCUT2D eigenvalue weighted by Crippen LogP contribution is -1.94. The maximum Gasteiger partial charge on any atom is 0.0992 e. The largest absolute Gasteiger partial charge is 0.309 e. The predicted octanol–water partition coefficient (Wildman–Crippen LogP) is 7.02. The van der Waals surface area contributed by atoms with Crippen LogP contribution in [0.5, 0.6) is 0 Å². The first-order valence-electron chi connectivity index (χ1n) is 9.19. The molecule has 3 heteroatoms. The molecule has 6 aromatic rings. The van der Waals surface area contributed by atoms with Gasteiger partial charge in [0.05, 0.1) is 22.7 Å². The minimum Gasteiger partial charge on any atom is -0.309 e. The van der Waals surface area contributed by atoms with E-state index < -0.39 is 0 Å². The maximum atomic E-state index is 9.35. The molecule has 0 bridgehead atoms. The molecule has 2 nitrogen and oxygen atoms in total. The molecule has 2 aromatic heterocycles. The smallest absolute Gasteiger partial charge is 0.0992 e. The van der Waals surface area contributed by atoms with Crippen LogP contribution in [0.2, 0.25) is 0 Å². The molecule has 0 atom stereocenters. The average molecular weight is 374 g/mol. The normalized spacial score (nSPS) is 11.5. The molecule has 0 fully saturated rings. The van der Waals surface area contributed by atoms with Gasteiger partial charge in [-0.3, -0.25) is 0 Å². The van der Waals surface area contributed by atoms with E-state index >= 15 is 0 Å². The molecule has 0 aliphatic carbocycles. The quantitative estimate of drug-likeness (QED) is 0.304. The van der Waals surface area contributed by atoms with Gasteiger partial charge in [0.1, 0.15) is 0 Å². The van der Waals surface area contributed by atoms with E-state index in [0.717, 1.165) is 11.2 Å². The fourth-order valence-corrected chi connectivity index (χ4v) is 5.49. The number of hydrogen-bond donors (Lipinski definition) is 0. The summed E-state index contributed by atoms with van der Waals surface area (Å²) in [7, 11) is 0. The number of aromatic nitrogens is 1. The maximum absolute atomic E-state index is 9.35. The summed E-state index contributed by atoms with van der Waals surface area (Å²) >= 11 is 1.86. The second-order valence-electron chi connectivity index (χ2n) is 6.95. The van der Waals surface area contributed by atoms with Crippen molar-refractivity contribution in [3.63, 3.8) is 0 Å². The van der Waals surface area contributed by atoms with Crippen molar-refractivity contribution in [1.29, 1.82) is 5.26 Å².